The predicted octanol–water partition coefficient (Wildman–Crippen LogP) is 0.866. The van der Waals surface area contributed by atoms with Crippen LogP contribution in [-0.2, 0) is 4.79 Å². The zero-order chi connectivity index (χ0) is 13.5. The smallest absolute Gasteiger partial charge is 0.250 e. The van der Waals surface area contributed by atoms with E-state index in [0.29, 0.717) is 18.0 Å². The molecule has 0 aliphatic heterocycles. The molecule has 18 heavy (non-hydrogen) atoms. The van der Waals surface area contributed by atoms with Crippen LogP contribution in [0.5, 0.6) is 5.75 Å². The summed E-state index contributed by atoms with van der Waals surface area (Å²) in [4.78, 5) is 13.2. The molecule has 2 N–H and O–H groups in total. The van der Waals surface area contributed by atoms with E-state index in [2.05, 4.69) is 5.32 Å². The largest absolute Gasteiger partial charge is 0.490 e. The van der Waals surface area contributed by atoms with Crippen molar-refractivity contribution in [2.24, 2.45) is 0 Å². The van der Waals surface area contributed by atoms with Crippen molar-refractivity contribution in [3.8, 4) is 5.75 Å². The number of ether oxygens (including phenoxy) is 1. The minimum atomic E-state index is -0.537. The molecule has 100 valence electrons. The topological polar surface area (TPSA) is 61.8 Å². The molecule has 0 aromatic heterocycles. The monoisotopic (exact) mass is 252 g/mol. The Morgan fingerprint density at radius 3 is 2.78 bits per heavy atom. The second kappa shape index (κ2) is 6.98. The summed E-state index contributed by atoms with van der Waals surface area (Å²) >= 11 is 0. The number of hydrogen-bond donors (Lipinski definition) is 2. The van der Waals surface area contributed by atoms with Crippen molar-refractivity contribution >= 4 is 11.6 Å². The molecule has 0 saturated carbocycles. The number of aliphatic hydroxyl groups excluding tert-OH is 1. The molecular formula is C13H20N2O3. The Morgan fingerprint density at radius 1 is 1.44 bits per heavy atom. The van der Waals surface area contributed by atoms with E-state index in [1.807, 2.05) is 38.1 Å². The molecule has 0 spiro atoms. The minimum Gasteiger partial charge on any atom is -0.490 e. The van der Waals surface area contributed by atoms with Gasteiger partial charge in [0.15, 0.2) is 0 Å². The zero-order valence-electron chi connectivity index (χ0n) is 11.1. The molecule has 1 aromatic rings. The molecule has 0 radical (unpaired) electrons. The number of likely N-dealkylation sites (N-methyl/N-ethyl adjacent to an activating group) is 1. The van der Waals surface area contributed by atoms with Gasteiger partial charge >= 0.3 is 0 Å². The number of hydrogen-bond acceptors (Lipinski definition) is 4. The standard InChI is InChI=1S/C13H20N2O3/c1-10-4-5-11(14-13(17)9-16)12(8-10)18-7-6-15(2)3/h4-5,8,16H,6-7,9H2,1-3H3,(H,14,17). The molecule has 0 unspecified atom stereocenters. The molecular weight excluding hydrogens is 232 g/mol. The summed E-state index contributed by atoms with van der Waals surface area (Å²) < 4.78 is 5.64. The lowest BCUT2D eigenvalue weighted by Gasteiger charge is -2.15. The van der Waals surface area contributed by atoms with E-state index >= 15 is 0 Å². The van der Waals surface area contributed by atoms with E-state index in [1.165, 1.54) is 0 Å². The Balaban J connectivity index is 2.73. The summed E-state index contributed by atoms with van der Waals surface area (Å²) in [6.07, 6.45) is 0. The number of carbonyl (C=O) groups is 1. The number of nitrogens with one attached hydrogen (secondary N) is 1. The third kappa shape index (κ3) is 4.73. The van der Waals surface area contributed by atoms with Gasteiger partial charge in [0.05, 0.1) is 5.69 Å². The average molecular weight is 252 g/mol. The second-order valence-electron chi connectivity index (χ2n) is 4.36. The molecule has 0 saturated heterocycles. The molecule has 0 atom stereocenters. The number of aliphatic hydroxyl groups is 1. The van der Waals surface area contributed by atoms with Crippen LogP contribution < -0.4 is 10.1 Å². The third-order valence-corrected chi connectivity index (χ3v) is 2.35. The van der Waals surface area contributed by atoms with Gasteiger partial charge in [-0.3, -0.25) is 4.79 Å². The first-order chi connectivity index (χ1) is 8.52. The highest BCUT2D eigenvalue weighted by Crippen LogP contribution is 2.25. The summed E-state index contributed by atoms with van der Waals surface area (Å²) in [7, 11) is 3.93. The second-order valence-corrected chi connectivity index (χ2v) is 4.36. The summed E-state index contributed by atoms with van der Waals surface area (Å²) in [5, 5.41) is 11.3. The third-order valence-electron chi connectivity index (χ3n) is 2.35. The average Bonchev–Trinajstić information content (AvgIpc) is 2.31. The summed E-state index contributed by atoms with van der Waals surface area (Å²) in [6.45, 7) is 2.75. The van der Waals surface area contributed by atoms with Crippen LogP contribution in [0.2, 0.25) is 0 Å². The number of anilines is 1. The highest BCUT2D eigenvalue weighted by Gasteiger charge is 2.07. The fraction of sp³-hybridized carbons (Fsp3) is 0.462. The number of carbonyl (C=O) groups excluding carboxylic acids is 1. The number of benzene rings is 1. The van der Waals surface area contributed by atoms with Crippen LogP contribution in [0.4, 0.5) is 5.69 Å². The highest BCUT2D eigenvalue weighted by atomic mass is 16.5. The Labute approximate surface area is 107 Å². The molecule has 5 heteroatoms. The summed E-state index contributed by atoms with van der Waals surface area (Å²) in [6, 6.07) is 5.52. The number of rotatable bonds is 6. The number of aryl methyl sites for hydroxylation is 1. The maximum Gasteiger partial charge on any atom is 0.250 e. The summed E-state index contributed by atoms with van der Waals surface area (Å²) in [5.41, 5.74) is 1.63. The van der Waals surface area contributed by atoms with E-state index in [4.69, 9.17) is 9.84 Å². The lowest BCUT2D eigenvalue weighted by atomic mass is 10.2. The lowest BCUT2D eigenvalue weighted by Crippen LogP contribution is -2.20. The van der Waals surface area contributed by atoms with E-state index in [9.17, 15) is 4.79 Å². The van der Waals surface area contributed by atoms with Gasteiger partial charge in [0.2, 0.25) is 5.91 Å². The SMILES string of the molecule is Cc1ccc(NC(=O)CO)c(OCCN(C)C)c1. The van der Waals surface area contributed by atoms with Gasteiger partial charge in [0, 0.05) is 6.54 Å². The molecule has 1 rings (SSSR count). The highest BCUT2D eigenvalue weighted by molar-refractivity contribution is 5.93. The van der Waals surface area contributed by atoms with Crippen LogP contribution in [0.25, 0.3) is 0 Å². The minimum absolute atomic E-state index is 0.448. The zero-order valence-corrected chi connectivity index (χ0v) is 11.1. The molecule has 5 nitrogen and oxygen atoms in total. The van der Waals surface area contributed by atoms with E-state index in [0.717, 1.165) is 12.1 Å². The van der Waals surface area contributed by atoms with Gasteiger partial charge < -0.3 is 20.1 Å². The molecule has 1 amide bonds. The van der Waals surface area contributed by atoms with Crippen molar-refractivity contribution in [2.45, 2.75) is 6.92 Å². The molecule has 1 aromatic carbocycles. The normalized spacial score (nSPS) is 10.5. The Hall–Kier alpha value is -1.59. The molecule has 0 aliphatic carbocycles. The Morgan fingerprint density at radius 2 is 2.17 bits per heavy atom. The lowest BCUT2D eigenvalue weighted by molar-refractivity contribution is -0.118. The van der Waals surface area contributed by atoms with Gasteiger partial charge in [0.25, 0.3) is 0 Å². The first kappa shape index (κ1) is 14.5. The first-order valence-electron chi connectivity index (χ1n) is 5.82. The van der Waals surface area contributed by atoms with Gasteiger partial charge in [-0.1, -0.05) is 6.07 Å². The van der Waals surface area contributed by atoms with Crippen molar-refractivity contribution in [1.82, 2.24) is 4.90 Å². The van der Waals surface area contributed by atoms with Gasteiger partial charge in [0.1, 0.15) is 19.0 Å². The van der Waals surface area contributed by atoms with Crippen LogP contribution in [-0.4, -0.2) is 49.8 Å². The van der Waals surface area contributed by atoms with E-state index in [1.54, 1.807) is 6.07 Å². The Kier molecular flexibility index (Phi) is 5.61. The van der Waals surface area contributed by atoms with Gasteiger partial charge in [-0.05, 0) is 38.7 Å². The quantitative estimate of drug-likeness (QED) is 0.788. The van der Waals surface area contributed by atoms with Crippen molar-refractivity contribution in [3.63, 3.8) is 0 Å². The molecule has 0 bridgehead atoms. The fourth-order valence-electron chi connectivity index (χ4n) is 1.38. The van der Waals surface area contributed by atoms with Gasteiger partial charge in [-0.25, -0.2) is 0 Å². The summed E-state index contributed by atoms with van der Waals surface area (Å²) in [5.74, 6) is 0.176. The van der Waals surface area contributed by atoms with Crippen molar-refractivity contribution in [1.29, 1.82) is 0 Å². The fourth-order valence-corrected chi connectivity index (χ4v) is 1.38. The first-order valence-corrected chi connectivity index (χ1v) is 5.82. The van der Waals surface area contributed by atoms with Crippen molar-refractivity contribution < 1.29 is 14.6 Å². The van der Waals surface area contributed by atoms with Gasteiger partial charge in [-0.2, -0.15) is 0 Å². The Bertz CT molecular complexity index is 405. The number of nitrogens with zero attached hydrogens (tertiary/aromatic N) is 1. The molecule has 0 heterocycles. The maximum absolute atomic E-state index is 11.2. The van der Waals surface area contributed by atoms with Crippen molar-refractivity contribution in [2.75, 3.05) is 39.2 Å². The van der Waals surface area contributed by atoms with Crippen LogP contribution in [0.1, 0.15) is 5.56 Å². The molecule has 0 aliphatic rings. The van der Waals surface area contributed by atoms with Crippen LogP contribution in [0.3, 0.4) is 0 Å². The predicted molar refractivity (Wildman–Crippen MR) is 70.9 cm³/mol. The maximum atomic E-state index is 11.2. The van der Waals surface area contributed by atoms with Gasteiger partial charge in [-0.15, -0.1) is 0 Å². The van der Waals surface area contributed by atoms with Crippen molar-refractivity contribution in [3.05, 3.63) is 23.8 Å². The van der Waals surface area contributed by atoms with E-state index < -0.39 is 12.5 Å². The molecule has 0 fully saturated rings. The van der Waals surface area contributed by atoms with E-state index in [-0.39, 0.29) is 0 Å². The number of amides is 1. The van der Waals surface area contributed by atoms with Crippen LogP contribution >= 0.6 is 0 Å². The van der Waals surface area contributed by atoms with Crippen LogP contribution in [0.15, 0.2) is 18.2 Å². The van der Waals surface area contributed by atoms with Crippen LogP contribution in [0, 0.1) is 6.92 Å².